The lowest BCUT2D eigenvalue weighted by atomic mass is 9.45. The van der Waals surface area contributed by atoms with Crippen LogP contribution in [0.25, 0.3) is 100 Å². The van der Waals surface area contributed by atoms with Gasteiger partial charge in [-0.2, -0.15) is 0 Å². The Hall–Kier alpha value is -14.4. The van der Waals surface area contributed by atoms with Crippen molar-refractivity contribution in [1.29, 1.82) is 0 Å². The Morgan fingerprint density at radius 2 is 0.368 bits per heavy atom. The van der Waals surface area contributed by atoms with E-state index in [1.165, 1.54) is 167 Å². The first-order valence-electron chi connectivity index (χ1n) is 39.5. The second-order valence-electron chi connectivity index (χ2n) is 29.4. The lowest BCUT2D eigenvalue weighted by molar-refractivity contribution is 1.36. The van der Waals surface area contributed by atoms with Crippen LogP contribution in [-0.2, 0) is 0 Å². The Kier molecular flexibility index (Phi) is 19.6. The first-order chi connectivity index (χ1) is 56.6. The van der Waals surface area contributed by atoms with Crippen molar-refractivity contribution in [2.45, 2.75) is 0 Å². The average Bonchev–Trinajstić information content (AvgIpc) is 0.740. The fourth-order valence-electron chi connectivity index (χ4n) is 17.2. The molecular weight excluding hydrogens is 1370 g/mol. The Morgan fingerprint density at radius 3 is 0.763 bits per heavy atom. The molecule has 0 N–H and O–H groups in total. The van der Waals surface area contributed by atoms with Gasteiger partial charge in [-0.25, -0.2) is 0 Å². The summed E-state index contributed by atoms with van der Waals surface area (Å²) in [5.74, 6) is 0. The third kappa shape index (κ3) is 13.9. The normalized spacial score (nSPS) is 12.1. The highest BCUT2D eigenvalue weighted by molar-refractivity contribution is 6.92. The molecule has 0 amide bonds. The first-order valence-corrected chi connectivity index (χ1v) is 39.5. The molecule has 3 aliphatic rings. The maximum Gasteiger partial charge on any atom is 0.328 e. The van der Waals surface area contributed by atoms with Crippen molar-refractivity contribution in [2.24, 2.45) is 0 Å². The molecule has 0 aromatic heterocycles. The van der Waals surface area contributed by atoms with E-state index in [1.807, 2.05) is 0 Å². The zero-order valence-corrected chi connectivity index (χ0v) is 63.1. The minimum Gasteiger partial charge on any atom is -0.376 e. The molecule has 6 heteroatoms. The Balaban J connectivity index is 0.000000115. The summed E-state index contributed by atoms with van der Waals surface area (Å²) in [6.07, 6.45) is 0. The Labute approximate surface area is 670 Å². The summed E-state index contributed by atoms with van der Waals surface area (Å²) in [5, 5.41) is 0. The molecule has 0 unspecified atom stereocenters. The largest absolute Gasteiger partial charge is 0.376 e. The van der Waals surface area contributed by atoms with Crippen LogP contribution in [0.15, 0.2) is 473 Å². The van der Waals surface area contributed by atoms with E-state index in [0.717, 1.165) is 0 Å². The van der Waals surface area contributed by atoms with Gasteiger partial charge < -0.3 is 14.4 Å². The number of hydrogen-bond donors (Lipinski definition) is 0. The maximum atomic E-state index is 2.50. The van der Waals surface area contributed by atoms with Crippen LogP contribution in [-0.4, -0.2) is 20.5 Å². The van der Waals surface area contributed by atoms with Crippen LogP contribution in [0.5, 0.6) is 0 Å². The van der Waals surface area contributed by atoms with Crippen LogP contribution in [0.4, 0.5) is 34.1 Å². The molecule has 3 nitrogen and oxygen atoms in total. The van der Waals surface area contributed by atoms with Gasteiger partial charge in [-0.1, -0.05) is 405 Å². The summed E-state index contributed by atoms with van der Waals surface area (Å²) in [7, 11) is 0. The third-order valence-electron chi connectivity index (χ3n) is 22.6. The summed E-state index contributed by atoms with van der Waals surface area (Å²) in [6.45, 7) is 0.261. The lowest BCUT2D eigenvalue weighted by Gasteiger charge is -2.39. The zero-order chi connectivity index (χ0) is 75.9. The number of hydrogen-bond acceptors (Lipinski definition) is 3. The van der Waals surface area contributed by atoms with Gasteiger partial charge in [-0.05, 0) is 185 Å². The molecule has 0 saturated carbocycles. The molecule has 0 aliphatic carbocycles. The third-order valence-corrected chi connectivity index (χ3v) is 22.6. The van der Waals surface area contributed by atoms with Crippen molar-refractivity contribution < 1.29 is 0 Å². The second-order valence-corrected chi connectivity index (χ2v) is 29.4. The van der Waals surface area contributed by atoms with Gasteiger partial charge in [-0.3, -0.25) is 0 Å². The molecule has 3 aliphatic heterocycles. The maximum absolute atomic E-state index is 2.50. The molecule has 114 heavy (non-hydrogen) atoms. The number of benzene rings is 18. The Morgan fingerprint density at radius 1 is 0.132 bits per heavy atom. The van der Waals surface area contributed by atoms with E-state index in [1.54, 1.807) is 0 Å². The topological polar surface area (TPSA) is 9.72 Å². The van der Waals surface area contributed by atoms with Crippen LogP contribution in [0.3, 0.4) is 0 Å². The van der Waals surface area contributed by atoms with Crippen molar-refractivity contribution in [1.82, 2.24) is 0 Å². The van der Waals surface area contributed by atoms with Crippen molar-refractivity contribution in [3.8, 4) is 100 Å². The molecule has 21 rings (SSSR count). The van der Waals surface area contributed by atoms with E-state index in [2.05, 4.69) is 488 Å². The number of anilines is 6. The molecule has 0 saturated heterocycles. The van der Waals surface area contributed by atoms with Gasteiger partial charge in [0.1, 0.15) is 0 Å². The molecule has 18 aromatic carbocycles. The molecule has 0 fully saturated rings. The van der Waals surface area contributed by atoms with E-state index in [9.17, 15) is 0 Å². The summed E-state index contributed by atoms with van der Waals surface area (Å²) in [5.41, 5.74) is 37.6. The van der Waals surface area contributed by atoms with Crippen LogP contribution >= 0.6 is 0 Å². The lowest BCUT2D eigenvalue weighted by Crippen LogP contribution is -2.57. The summed E-state index contributed by atoms with van der Waals surface area (Å²) in [6, 6.07) is 171. The van der Waals surface area contributed by atoms with E-state index in [-0.39, 0.29) is 20.5 Å². The monoisotopic (exact) mass is 1450 g/mol. The predicted octanol–water partition coefficient (Wildman–Crippen LogP) is 23.8. The highest BCUT2D eigenvalue weighted by Crippen LogP contribution is 2.45. The van der Waals surface area contributed by atoms with Crippen LogP contribution in [0, 0.1) is 0 Å². The van der Waals surface area contributed by atoms with Crippen LogP contribution in [0.1, 0.15) is 0 Å². The molecule has 0 bridgehead atoms. The van der Waals surface area contributed by atoms with Gasteiger partial charge in [0.25, 0.3) is 0 Å². The highest BCUT2D eigenvalue weighted by Gasteiger charge is 2.40. The molecule has 18 aromatic rings. The van der Waals surface area contributed by atoms with E-state index < -0.39 is 0 Å². The molecule has 534 valence electrons. The van der Waals surface area contributed by atoms with Gasteiger partial charge in [-0.15, -0.1) is 0 Å². The van der Waals surface area contributed by atoms with E-state index >= 15 is 0 Å². The Bertz CT molecular complexity index is 6060. The van der Waals surface area contributed by atoms with Gasteiger partial charge in [0.05, 0.1) is 0 Å². The molecular formula is C108H78B3N3. The van der Waals surface area contributed by atoms with Crippen LogP contribution < -0.4 is 47.2 Å². The van der Waals surface area contributed by atoms with Crippen molar-refractivity contribution in [3.05, 3.63) is 473 Å². The second kappa shape index (κ2) is 31.9. The summed E-state index contributed by atoms with van der Waals surface area (Å²) < 4.78 is 0. The minimum atomic E-state index is 0.0770. The van der Waals surface area contributed by atoms with Gasteiger partial charge >= 0.3 is 20.5 Å². The smallest absolute Gasteiger partial charge is 0.328 e. The van der Waals surface area contributed by atoms with Crippen molar-refractivity contribution in [2.75, 3.05) is 14.4 Å². The van der Waals surface area contributed by atoms with Gasteiger partial charge in [0.15, 0.2) is 0 Å². The minimum absolute atomic E-state index is 0.0770. The average molecular weight is 1450 g/mol. The van der Waals surface area contributed by atoms with E-state index in [4.69, 9.17) is 0 Å². The summed E-state index contributed by atoms with van der Waals surface area (Å²) >= 11 is 0. The van der Waals surface area contributed by atoms with Crippen molar-refractivity contribution in [3.63, 3.8) is 0 Å². The first kappa shape index (κ1) is 70.0. The molecule has 3 heterocycles. The number of fused-ring (bicyclic) bond motifs is 9. The van der Waals surface area contributed by atoms with Crippen molar-refractivity contribution >= 4 is 87.4 Å². The molecule has 0 radical (unpaired) electrons. The van der Waals surface area contributed by atoms with Gasteiger partial charge in [0.2, 0.25) is 0 Å². The zero-order valence-electron chi connectivity index (χ0n) is 63.1. The fraction of sp³-hybridized carbons (Fsp3) is 0. The van der Waals surface area contributed by atoms with Gasteiger partial charge in [0, 0.05) is 50.8 Å². The fourth-order valence-corrected chi connectivity index (χ4v) is 17.2. The quantitative estimate of drug-likeness (QED) is 0.113. The number of rotatable bonds is 12. The van der Waals surface area contributed by atoms with Crippen LogP contribution in [0.2, 0.25) is 0 Å². The molecule has 0 spiro atoms. The standard InChI is InChI=1S/3C36H26BN/c1-4-13-27(14-5-1)28-15-12-16-29(25-28)30-23-24-35-34(26-30)33-21-10-11-22-36(33)38(32-19-8-3-9-20-32)37(35)31-17-6-2-7-18-31;1-4-13-27(14-5-1)28-15-12-16-29(25-28)30-23-24-36-34(26-30)33-21-10-11-22-35(33)37(31-17-6-2-7-18-31)38(36)32-19-8-3-9-20-32;1-3-12-27(13-4-1)29-14-11-15-30(26-29)28-22-24-32(25-23-28)38-36-21-10-8-19-34(36)33-18-7-9-20-35(33)37(38)31-16-5-2-6-17-31/h3*1-26H. The summed E-state index contributed by atoms with van der Waals surface area (Å²) in [4.78, 5) is 7.48. The SMILES string of the molecule is c1ccc(B2c3ccc(-c4cccc(-c5ccccc5)c4)cc3-c3ccccc3N2c2ccccc2)cc1.c1ccc(B2c3ccccc3-c3cc(-c4cccc(-c5ccccc5)c4)ccc3N2c2ccccc2)cc1.c1ccc(B2c3ccccc3-c3ccccc3N2c2ccc(-c3cccc(-c4ccccc4)c3)cc2)cc1. The number of para-hydroxylation sites is 4. The molecule has 0 atom stereocenters. The van der Waals surface area contributed by atoms with E-state index in [0.29, 0.717) is 0 Å². The number of nitrogens with zero attached hydrogens (tertiary/aromatic N) is 3. The highest BCUT2D eigenvalue weighted by atomic mass is 15.1. The predicted molar refractivity (Wildman–Crippen MR) is 488 cm³/mol.